The Balaban J connectivity index is 2.37. The minimum absolute atomic E-state index is 0.221. The number of imide groups is 1. The molecule has 1 aromatic rings. The van der Waals surface area contributed by atoms with E-state index in [0.717, 1.165) is 9.13 Å². The third-order valence-corrected chi connectivity index (χ3v) is 6.31. The first-order chi connectivity index (χ1) is 12.8. The van der Waals surface area contributed by atoms with Crippen LogP contribution in [0.1, 0.15) is 59.4 Å². The van der Waals surface area contributed by atoms with Crippen molar-refractivity contribution in [1.29, 1.82) is 0 Å². The molecule has 2 atom stereocenters. The monoisotopic (exact) mass is 499 g/mol. The maximum absolute atomic E-state index is 13.6. The number of ether oxygens (including phenoxy) is 1. The molecular formula is C22H30INO4. The Kier molecular flexibility index (Phi) is 6.63. The van der Waals surface area contributed by atoms with Crippen LogP contribution in [-0.4, -0.2) is 29.8 Å². The maximum Gasteiger partial charge on any atom is 0.311 e. The number of hydrogen-bond donors (Lipinski definition) is 0. The number of hydrogen-bond acceptors (Lipinski definition) is 4. The Labute approximate surface area is 181 Å². The third-order valence-electron chi connectivity index (χ3n) is 5.59. The first-order valence-electron chi connectivity index (χ1n) is 9.47. The molecule has 1 aliphatic rings. The van der Waals surface area contributed by atoms with Crippen molar-refractivity contribution in [2.45, 2.75) is 60.4 Å². The second-order valence-electron chi connectivity index (χ2n) is 9.34. The fourth-order valence-corrected chi connectivity index (χ4v) is 5.49. The lowest BCUT2D eigenvalue weighted by molar-refractivity contribution is -0.167. The van der Waals surface area contributed by atoms with Gasteiger partial charge in [0.15, 0.2) is 0 Å². The maximum atomic E-state index is 13.6. The molecule has 5 nitrogen and oxygen atoms in total. The summed E-state index contributed by atoms with van der Waals surface area (Å²) < 4.78 is 6.14. The molecule has 0 radical (unpaired) electrons. The van der Waals surface area contributed by atoms with Gasteiger partial charge in [0.1, 0.15) is 0 Å². The van der Waals surface area contributed by atoms with E-state index < -0.39 is 10.8 Å². The summed E-state index contributed by atoms with van der Waals surface area (Å²) in [5.41, 5.74) is -0.902. The predicted molar refractivity (Wildman–Crippen MR) is 116 cm³/mol. The molecule has 1 aromatic carbocycles. The van der Waals surface area contributed by atoms with Gasteiger partial charge in [-0.1, -0.05) is 32.9 Å². The van der Waals surface area contributed by atoms with Crippen molar-refractivity contribution in [3.8, 4) is 0 Å². The number of halogens is 1. The lowest BCUT2D eigenvalue weighted by Crippen LogP contribution is -2.53. The molecule has 6 heteroatoms. The van der Waals surface area contributed by atoms with Gasteiger partial charge in [-0.2, -0.15) is 0 Å². The van der Waals surface area contributed by atoms with E-state index in [0.29, 0.717) is 19.3 Å². The normalized spacial score (nSPS) is 26.4. The minimum atomic E-state index is -0.820. The van der Waals surface area contributed by atoms with Crippen LogP contribution in [-0.2, 0) is 25.7 Å². The van der Waals surface area contributed by atoms with Gasteiger partial charge in [0, 0.05) is 15.9 Å². The van der Waals surface area contributed by atoms with Crippen molar-refractivity contribution < 1.29 is 19.1 Å². The Bertz CT molecular complexity index is 773. The average Bonchev–Trinajstić information content (AvgIpc) is 2.57. The number of carbonyl (C=O) groups is 3. The van der Waals surface area contributed by atoms with Crippen LogP contribution in [0.5, 0.6) is 0 Å². The summed E-state index contributed by atoms with van der Waals surface area (Å²) in [6, 6.07) is 7.77. The van der Waals surface area contributed by atoms with E-state index in [4.69, 9.17) is 4.74 Å². The largest absolute Gasteiger partial charge is 0.469 e. The standard InChI is InChI=1S/C22H30INO4/c1-15(25)24(11-16-7-9-17(23)10-8-16)18(26)21(4)12-20(2,3)13-22(5,14-21)19(27)28-6/h7-10H,11-14H2,1-6H3/t21-,22-/m1/s1. The van der Waals surface area contributed by atoms with E-state index in [1.54, 1.807) is 0 Å². The van der Waals surface area contributed by atoms with Crippen molar-refractivity contribution in [2.75, 3.05) is 7.11 Å². The van der Waals surface area contributed by atoms with Crippen molar-refractivity contribution in [2.24, 2.45) is 16.2 Å². The molecule has 0 saturated heterocycles. The topological polar surface area (TPSA) is 63.7 Å². The first-order valence-corrected chi connectivity index (χ1v) is 10.6. The summed E-state index contributed by atoms with van der Waals surface area (Å²) in [5, 5.41) is 0. The number of carbonyl (C=O) groups excluding carboxylic acids is 3. The molecular weight excluding hydrogens is 469 g/mol. The lowest BCUT2D eigenvalue weighted by Gasteiger charge is -2.50. The van der Waals surface area contributed by atoms with E-state index in [1.165, 1.54) is 18.9 Å². The number of nitrogens with zero attached hydrogens (tertiary/aromatic N) is 1. The highest BCUT2D eigenvalue weighted by molar-refractivity contribution is 14.1. The summed E-state index contributed by atoms with van der Waals surface area (Å²) in [6.45, 7) is 9.52. The zero-order valence-corrected chi connectivity index (χ0v) is 19.8. The number of rotatable bonds is 4. The van der Waals surface area contributed by atoms with Crippen LogP contribution in [0, 0.1) is 19.8 Å². The predicted octanol–water partition coefficient (Wildman–Crippen LogP) is 4.56. The molecule has 154 valence electrons. The molecule has 0 unspecified atom stereocenters. The van der Waals surface area contributed by atoms with Gasteiger partial charge in [-0.05, 0) is 71.9 Å². The smallest absolute Gasteiger partial charge is 0.311 e. The quantitative estimate of drug-likeness (QED) is 0.450. The summed E-state index contributed by atoms with van der Waals surface area (Å²) in [7, 11) is 1.38. The second kappa shape index (κ2) is 8.13. The summed E-state index contributed by atoms with van der Waals surface area (Å²) in [6.07, 6.45) is 1.63. The Hall–Kier alpha value is -1.44. The molecule has 1 saturated carbocycles. The molecule has 0 spiro atoms. The number of amides is 2. The van der Waals surface area contributed by atoms with Crippen LogP contribution in [0.15, 0.2) is 24.3 Å². The molecule has 0 aromatic heterocycles. The fraction of sp³-hybridized carbons (Fsp3) is 0.591. The Morgan fingerprint density at radius 1 is 1.00 bits per heavy atom. The molecule has 0 heterocycles. The van der Waals surface area contributed by atoms with Gasteiger partial charge in [-0.15, -0.1) is 0 Å². The van der Waals surface area contributed by atoms with Crippen LogP contribution in [0.25, 0.3) is 0 Å². The zero-order chi connectivity index (χ0) is 21.3. The van der Waals surface area contributed by atoms with E-state index in [9.17, 15) is 14.4 Å². The molecule has 0 bridgehead atoms. The number of methoxy groups -OCH3 is 1. The summed E-state index contributed by atoms with van der Waals surface area (Å²) in [4.78, 5) is 39.8. The zero-order valence-electron chi connectivity index (χ0n) is 17.6. The molecule has 28 heavy (non-hydrogen) atoms. The molecule has 1 fully saturated rings. The van der Waals surface area contributed by atoms with Crippen LogP contribution in [0.4, 0.5) is 0 Å². The number of benzene rings is 1. The average molecular weight is 499 g/mol. The van der Waals surface area contributed by atoms with Crippen molar-refractivity contribution in [3.05, 3.63) is 33.4 Å². The van der Waals surface area contributed by atoms with Crippen molar-refractivity contribution >= 4 is 40.4 Å². The lowest BCUT2D eigenvalue weighted by atomic mass is 9.54. The van der Waals surface area contributed by atoms with Crippen LogP contribution >= 0.6 is 22.6 Å². The highest BCUT2D eigenvalue weighted by Crippen LogP contribution is 2.55. The van der Waals surface area contributed by atoms with E-state index in [2.05, 4.69) is 36.4 Å². The molecule has 0 N–H and O–H groups in total. The van der Waals surface area contributed by atoms with Crippen molar-refractivity contribution in [3.63, 3.8) is 0 Å². The summed E-state index contributed by atoms with van der Waals surface area (Å²) in [5.74, 6) is -0.805. The highest BCUT2D eigenvalue weighted by atomic mass is 127. The van der Waals surface area contributed by atoms with Crippen molar-refractivity contribution in [1.82, 2.24) is 4.90 Å². The van der Waals surface area contributed by atoms with Gasteiger partial charge in [0.05, 0.1) is 19.1 Å². The highest BCUT2D eigenvalue weighted by Gasteiger charge is 2.55. The van der Waals surface area contributed by atoms with Gasteiger partial charge in [-0.3, -0.25) is 19.3 Å². The molecule has 1 aliphatic carbocycles. The first kappa shape index (κ1) is 22.8. The van der Waals surface area contributed by atoms with Gasteiger partial charge in [-0.25, -0.2) is 0 Å². The second-order valence-corrected chi connectivity index (χ2v) is 10.6. The van der Waals surface area contributed by atoms with Gasteiger partial charge < -0.3 is 4.74 Å². The number of esters is 1. The fourth-order valence-electron chi connectivity index (χ4n) is 5.13. The minimum Gasteiger partial charge on any atom is -0.469 e. The molecule has 0 aliphatic heterocycles. The van der Waals surface area contributed by atoms with E-state index in [1.807, 2.05) is 38.1 Å². The third kappa shape index (κ3) is 4.93. The van der Waals surface area contributed by atoms with Crippen LogP contribution in [0.2, 0.25) is 0 Å². The Morgan fingerprint density at radius 2 is 1.54 bits per heavy atom. The van der Waals surface area contributed by atoms with Gasteiger partial charge in [0.2, 0.25) is 11.8 Å². The SMILES string of the molecule is COC(=O)[C@]1(C)CC(C)(C)C[C@@](C)(C(=O)N(Cc2ccc(I)cc2)C(C)=O)C1. The summed E-state index contributed by atoms with van der Waals surface area (Å²) >= 11 is 2.22. The van der Waals surface area contributed by atoms with Crippen LogP contribution < -0.4 is 0 Å². The molecule has 2 amide bonds. The Morgan fingerprint density at radius 3 is 2.04 bits per heavy atom. The van der Waals surface area contributed by atoms with Gasteiger partial charge in [0.25, 0.3) is 0 Å². The van der Waals surface area contributed by atoms with Crippen LogP contribution in [0.3, 0.4) is 0 Å². The van der Waals surface area contributed by atoms with E-state index >= 15 is 0 Å². The van der Waals surface area contributed by atoms with E-state index in [-0.39, 0.29) is 29.7 Å². The molecule has 2 rings (SSSR count). The van der Waals surface area contributed by atoms with Gasteiger partial charge >= 0.3 is 5.97 Å².